The van der Waals surface area contributed by atoms with E-state index in [2.05, 4.69) is 99.3 Å². The van der Waals surface area contributed by atoms with Crippen LogP contribution in [0.4, 0.5) is 34.1 Å². The van der Waals surface area contributed by atoms with Gasteiger partial charge in [0.25, 0.3) is 10.1 Å². The van der Waals surface area contributed by atoms with Crippen LogP contribution in [0.1, 0.15) is 13.3 Å². The van der Waals surface area contributed by atoms with Gasteiger partial charge in [-0.15, -0.1) is 0 Å². The number of methoxy groups -OCH3 is 4. The van der Waals surface area contributed by atoms with Gasteiger partial charge in [-0.3, -0.25) is 4.55 Å². The smallest absolute Gasteiger partial charge is 0.267 e. The van der Waals surface area contributed by atoms with Gasteiger partial charge < -0.3 is 33.3 Å². The van der Waals surface area contributed by atoms with Gasteiger partial charge in [0.1, 0.15) is 23.0 Å². The first-order valence-electron chi connectivity index (χ1n) is 21.9. The molecule has 11 heteroatoms. The van der Waals surface area contributed by atoms with Crippen LogP contribution in [0.15, 0.2) is 182 Å². The maximum atomic E-state index is 12.2. The lowest BCUT2D eigenvalue weighted by Gasteiger charge is -2.26. The number of rotatable bonds is 16. The third-order valence-electron chi connectivity index (χ3n) is 12.4. The second-order valence-electron chi connectivity index (χ2n) is 16.3. The molecule has 0 aliphatic carbocycles. The average Bonchev–Trinajstić information content (AvgIpc) is 3.68. The Balaban J connectivity index is 1.08. The molecule has 0 spiro atoms. The number of hydrogen-bond acceptors (Lipinski definition) is 8. The quantitative estimate of drug-likeness (QED) is 0.0949. The topological polar surface area (TPSA) is 103 Å². The van der Waals surface area contributed by atoms with Crippen LogP contribution in [0, 0.1) is 0 Å². The van der Waals surface area contributed by atoms with E-state index in [1.54, 1.807) is 35.4 Å². The van der Waals surface area contributed by atoms with Crippen molar-refractivity contribution in [3.63, 3.8) is 0 Å². The van der Waals surface area contributed by atoms with Crippen molar-refractivity contribution in [2.45, 2.75) is 25.1 Å². The Kier molecular flexibility index (Phi) is 12.6. The molecule has 1 unspecified atom stereocenters. The molecule has 0 saturated carbocycles. The molecule has 9 aromatic rings. The van der Waals surface area contributed by atoms with E-state index in [-0.39, 0.29) is 6.42 Å². The monoisotopic (exact) mass is 909 g/mol. The van der Waals surface area contributed by atoms with Gasteiger partial charge in [-0.05, 0) is 169 Å². The minimum Gasteiger partial charge on any atom is -0.497 e. The highest BCUT2D eigenvalue weighted by Crippen LogP contribution is 2.41. The fourth-order valence-electron chi connectivity index (χ4n) is 8.58. The van der Waals surface area contributed by atoms with E-state index in [4.69, 9.17) is 18.9 Å². The zero-order chi connectivity index (χ0) is 46.7. The number of aryl methyl sites for hydroxylation is 1. The first kappa shape index (κ1) is 44.5. The number of fused-ring (bicyclic) bond motifs is 3. The zero-order valence-electron chi connectivity index (χ0n) is 38.0. The summed E-state index contributed by atoms with van der Waals surface area (Å²) in [6.07, 6.45) is 0.231. The number of hydrogen-bond donors (Lipinski definition) is 1. The van der Waals surface area contributed by atoms with Crippen molar-refractivity contribution < 1.29 is 31.9 Å². The van der Waals surface area contributed by atoms with Crippen LogP contribution in [-0.4, -0.2) is 51.2 Å². The fraction of sp³-hybridized carbons (Fsp3) is 0.143. The number of nitrogens with zero attached hydrogens (tertiary/aromatic N) is 3. The van der Waals surface area contributed by atoms with Crippen molar-refractivity contribution in [1.29, 1.82) is 0 Å². The highest BCUT2D eigenvalue weighted by atomic mass is 32.2. The van der Waals surface area contributed by atoms with Crippen molar-refractivity contribution in [3.8, 4) is 45.3 Å². The summed E-state index contributed by atoms with van der Waals surface area (Å²) >= 11 is 0. The highest BCUT2D eigenvalue weighted by molar-refractivity contribution is 7.86. The second kappa shape index (κ2) is 19.0. The Morgan fingerprint density at radius 2 is 0.701 bits per heavy atom. The number of aromatic nitrogens is 1. The van der Waals surface area contributed by atoms with Crippen LogP contribution in [0.5, 0.6) is 23.0 Å². The first-order valence-corrected chi connectivity index (χ1v) is 23.4. The molecule has 338 valence electrons. The number of ether oxygens (including phenoxy) is 4. The minimum atomic E-state index is -4.23. The van der Waals surface area contributed by atoms with E-state index in [0.717, 1.165) is 101 Å². The van der Waals surface area contributed by atoms with Gasteiger partial charge in [-0.25, -0.2) is 0 Å². The predicted molar refractivity (Wildman–Crippen MR) is 272 cm³/mol. The van der Waals surface area contributed by atoms with E-state index in [9.17, 15) is 13.0 Å². The summed E-state index contributed by atoms with van der Waals surface area (Å²) in [6.45, 7) is 1.93. The van der Waals surface area contributed by atoms with Crippen molar-refractivity contribution in [1.82, 2.24) is 4.57 Å². The predicted octanol–water partition coefficient (Wildman–Crippen LogP) is 13.8. The van der Waals surface area contributed by atoms with Gasteiger partial charge in [0.2, 0.25) is 0 Å². The van der Waals surface area contributed by atoms with E-state index < -0.39 is 15.4 Å². The van der Waals surface area contributed by atoms with E-state index in [1.165, 1.54) is 0 Å². The fourth-order valence-corrected chi connectivity index (χ4v) is 8.98. The van der Waals surface area contributed by atoms with Crippen LogP contribution in [0.2, 0.25) is 0 Å². The second-order valence-corrected chi connectivity index (χ2v) is 18.1. The van der Waals surface area contributed by atoms with Crippen LogP contribution in [0.25, 0.3) is 44.1 Å². The lowest BCUT2D eigenvalue weighted by Crippen LogP contribution is -2.18. The van der Waals surface area contributed by atoms with Crippen molar-refractivity contribution in [3.05, 3.63) is 182 Å². The molecular weight excluding hydrogens is 859 g/mol. The summed E-state index contributed by atoms with van der Waals surface area (Å²) in [4.78, 5) is 4.37. The largest absolute Gasteiger partial charge is 0.497 e. The molecule has 0 fully saturated rings. The molecule has 0 saturated heterocycles. The van der Waals surface area contributed by atoms with Gasteiger partial charge in [0, 0.05) is 62.5 Å². The summed E-state index contributed by atoms with van der Waals surface area (Å²) < 4.78 is 58.4. The minimum absolute atomic E-state index is 0.231. The van der Waals surface area contributed by atoms with Crippen LogP contribution < -0.4 is 28.7 Å². The van der Waals surface area contributed by atoms with Crippen molar-refractivity contribution >= 4 is 66.0 Å². The Bertz CT molecular complexity index is 2950. The summed E-state index contributed by atoms with van der Waals surface area (Å²) in [6, 6.07) is 61.7. The van der Waals surface area contributed by atoms with Crippen LogP contribution in [-0.2, 0) is 16.7 Å². The Morgan fingerprint density at radius 3 is 0.970 bits per heavy atom. The molecule has 1 N–H and O–H groups in total. The molecule has 10 nitrogen and oxygen atoms in total. The van der Waals surface area contributed by atoms with Crippen molar-refractivity contribution in [2.24, 2.45) is 0 Å². The number of anilines is 6. The lowest BCUT2D eigenvalue weighted by atomic mass is 10.0. The zero-order valence-corrected chi connectivity index (χ0v) is 38.8. The SMILES string of the molecule is COc1ccc(N(c2ccc(OC)cc2)c2ccc(-c3ccc4c5ccc(-c6ccc(N(c7ccc(OC)cc7)c7ccc(OC)cc7)cc6)cc5n(CCC(C)S(=O)(=O)O)c4c3)cc2)cc1. The van der Waals surface area contributed by atoms with Gasteiger partial charge in [-0.2, -0.15) is 8.42 Å². The lowest BCUT2D eigenvalue weighted by molar-refractivity contribution is 0.414. The molecule has 0 bridgehead atoms. The molecular formula is C56H51N3O7S. The Labute approximate surface area is 391 Å². The third kappa shape index (κ3) is 9.24. The summed E-state index contributed by atoms with van der Waals surface area (Å²) in [5.41, 5.74) is 11.9. The summed E-state index contributed by atoms with van der Waals surface area (Å²) in [5, 5.41) is 1.17. The number of benzene rings is 8. The third-order valence-corrected chi connectivity index (χ3v) is 13.6. The normalized spacial score (nSPS) is 11.9. The van der Waals surface area contributed by atoms with Gasteiger partial charge in [0.05, 0.1) is 33.7 Å². The van der Waals surface area contributed by atoms with Crippen molar-refractivity contribution in [2.75, 3.05) is 38.2 Å². The van der Waals surface area contributed by atoms with Crippen LogP contribution >= 0.6 is 0 Å². The molecule has 0 amide bonds. The van der Waals surface area contributed by atoms with Gasteiger partial charge >= 0.3 is 0 Å². The maximum Gasteiger partial charge on any atom is 0.267 e. The molecule has 0 radical (unpaired) electrons. The Morgan fingerprint density at radius 1 is 0.433 bits per heavy atom. The average molecular weight is 910 g/mol. The van der Waals surface area contributed by atoms with E-state index in [1.807, 2.05) is 97.1 Å². The molecule has 1 heterocycles. The molecule has 9 rings (SSSR count). The van der Waals surface area contributed by atoms with Crippen LogP contribution in [0.3, 0.4) is 0 Å². The van der Waals surface area contributed by atoms with Gasteiger partial charge in [0.15, 0.2) is 0 Å². The molecule has 0 aliphatic rings. The first-order chi connectivity index (χ1) is 32.5. The molecule has 1 aromatic heterocycles. The van der Waals surface area contributed by atoms with E-state index >= 15 is 0 Å². The standard InChI is InChI=1S/C56H51N3O7S/c1-38(67(60,61)62)34-35-57-55-36-41(39-6-12-43(13-7-39)58(45-16-24-49(63-2)25-17-45)46-18-26-50(64-3)27-19-46)10-32-53(55)54-33-11-42(37-56(54)57)40-8-14-44(15-9-40)59(47-20-28-51(65-4)29-21-47)48-22-30-52(66-5)31-23-48/h6-33,36-38H,34-35H2,1-5H3,(H,60,61,62). The highest BCUT2D eigenvalue weighted by Gasteiger charge is 2.21. The molecule has 0 aliphatic heterocycles. The van der Waals surface area contributed by atoms with Gasteiger partial charge in [-0.1, -0.05) is 48.5 Å². The maximum absolute atomic E-state index is 12.2. The molecule has 1 atom stereocenters. The molecule has 67 heavy (non-hydrogen) atoms. The van der Waals surface area contributed by atoms with E-state index in [0.29, 0.717) is 6.54 Å². The Hall–Kier alpha value is -7.73. The summed E-state index contributed by atoms with van der Waals surface area (Å²) in [5.74, 6) is 3.10. The molecule has 8 aromatic carbocycles. The summed E-state index contributed by atoms with van der Waals surface area (Å²) in [7, 11) is 2.41.